The first-order valence-corrected chi connectivity index (χ1v) is 8.85. The van der Waals surface area contributed by atoms with Crippen molar-refractivity contribution < 1.29 is 13.2 Å². The van der Waals surface area contributed by atoms with E-state index in [0.717, 1.165) is 5.56 Å². The Balaban J connectivity index is 2.18. The molecule has 0 aromatic heterocycles. The molecule has 1 aromatic rings. The van der Waals surface area contributed by atoms with Crippen molar-refractivity contribution in [3.05, 3.63) is 33.8 Å². The zero-order chi connectivity index (χ0) is 14.8. The van der Waals surface area contributed by atoms with Crippen LogP contribution >= 0.6 is 23.2 Å². The number of ether oxygens (including phenoxy) is 1. The number of hydrogen-bond acceptors (Lipinski definition) is 3. The molecule has 1 heterocycles. The average molecular weight is 338 g/mol. The van der Waals surface area contributed by atoms with E-state index < -0.39 is 10.0 Å². The van der Waals surface area contributed by atoms with Gasteiger partial charge in [-0.1, -0.05) is 36.2 Å². The molecule has 0 aliphatic carbocycles. The highest BCUT2D eigenvalue weighted by Gasteiger charge is 2.30. The summed E-state index contributed by atoms with van der Waals surface area (Å²) in [4.78, 5) is 0. The standard InChI is InChI=1S/C13H17Cl2NO3S/c1-2-7-20(17,18)16-5-6-19-13(9-16)11-4-3-10(14)8-12(11)15/h3-4,8,13H,2,5-7,9H2,1H3. The zero-order valence-corrected chi connectivity index (χ0v) is 13.5. The molecule has 0 N–H and O–H groups in total. The second-order valence-corrected chi connectivity index (χ2v) is 7.63. The summed E-state index contributed by atoms with van der Waals surface area (Å²) in [6.07, 6.45) is 0.256. The van der Waals surface area contributed by atoms with Crippen LogP contribution in [0.15, 0.2) is 18.2 Å². The van der Waals surface area contributed by atoms with E-state index >= 15 is 0 Å². The third-order valence-electron chi connectivity index (χ3n) is 3.19. The third-order valence-corrected chi connectivity index (χ3v) is 5.80. The molecule has 4 nitrogen and oxygen atoms in total. The second-order valence-electron chi connectivity index (χ2n) is 4.70. The number of halogens is 2. The van der Waals surface area contributed by atoms with Crippen molar-refractivity contribution in [1.82, 2.24) is 4.31 Å². The van der Waals surface area contributed by atoms with E-state index in [9.17, 15) is 8.42 Å². The lowest BCUT2D eigenvalue weighted by Crippen LogP contribution is -2.43. The SMILES string of the molecule is CCCS(=O)(=O)N1CCOC(c2ccc(Cl)cc2Cl)C1. The quantitative estimate of drug-likeness (QED) is 0.847. The van der Waals surface area contributed by atoms with E-state index in [1.54, 1.807) is 18.2 Å². The van der Waals surface area contributed by atoms with Gasteiger partial charge in [-0.3, -0.25) is 0 Å². The molecule has 0 bridgehead atoms. The monoisotopic (exact) mass is 337 g/mol. The van der Waals surface area contributed by atoms with E-state index in [1.807, 2.05) is 6.92 Å². The minimum atomic E-state index is -3.21. The normalized spacial score (nSPS) is 21.1. The van der Waals surface area contributed by atoms with Crippen LogP contribution in [0, 0.1) is 0 Å². The molecule has 0 radical (unpaired) electrons. The number of morpholine rings is 1. The molecule has 1 saturated heterocycles. The first-order chi connectivity index (χ1) is 9.44. The Bertz CT molecular complexity index is 577. The van der Waals surface area contributed by atoms with Crippen molar-refractivity contribution in [2.24, 2.45) is 0 Å². The van der Waals surface area contributed by atoms with Gasteiger partial charge in [-0.05, 0) is 18.6 Å². The summed E-state index contributed by atoms with van der Waals surface area (Å²) in [5, 5.41) is 1.04. The lowest BCUT2D eigenvalue weighted by atomic mass is 10.1. The number of benzene rings is 1. The van der Waals surface area contributed by atoms with Gasteiger partial charge in [0.15, 0.2) is 0 Å². The Morgan fingerprint density at radius 1 is 1.40 bits per heavy atom. The van der Waals surface area contributed by atoms with Gasteiger partial charge in [0.2, 0.25) is 10.0 Å². The number of nitrogens with zero attached hydrogens (tertiary/aromatic N) is 1. The smallest absolute Gasteiger partial charge is 0.214 e. The van der Waals surface area contributed by atoms with Crippen LogP contribution in [0.5, 0.6) is 0 Å². The van der Waals surface area contributed by atoms with Gasteiger partial charge in [-0.25, -0.2) is 8.42 Å². The number of hydrogen-bond donors (Lipinski definition) is 0. The first-order valence-electron chi connectivity index (χ1n) is 6.48. The molecule has 0 saturated carbocycles. The fraction of sp³-hybridized carbons (Fsp3) is 0.538. The van der Waals surface area contributed by atoms with Gasteiger partial charge < -0.3 is 4.74 Å². The minimum Gasteiger partial charge on any atom is -0.371 e. The summed E-state index contributed by atoms with van der Waals surface area (Å²) < 4.78 is 31.4. The van der Waals surface area contributed by atoms with Gasteiger partial charge in [-0.15, -0.1) is 0 Å². The molecule has 1 aliphatic heterocycles. The molecule has 1 atom stereocenters. The molecule has 0 amide bonds. The van der Waals surface area contributed by atoms with Crippen molar-refractivity contribution in [3.63, 3.8) is 0 Å². The molecule has 2 rings (SSSR count). The highest BCUT2D eigenvalue weighted by Crippen LogP contribution is 2.31. The number of sulfonamides is 1. The highest BCUT2D eigenvalue weighted by atomic mass is 35.5. The Kier molecular flexibility index (Phi) is 5.31. The van der Waals surface area contributed by atoms with Crippen LogP contribution in [-0.4, -0.2) is 38.2 Å². The van der Waals surface area contributed by atoms with Crippen LogP contribution in [0.2, 0.25) is 10.0 Å². The Morgan fingerprint density at radius 2 is 2.15 bits per heavy atom. The number of rotatable bonds is 4. The molecule has 20 heavy (non-hydrogen) atoms. The molecule has 0 spiro atoms. The van der Waals surface area contributed by atoms with Crippen molar-refractivity contribution in [2.75, 3.05) is 25.4 Å². The topological polar surface area (TPSA) is 46.6 Å². The molecule has 112 valence electrons. The summed E-state index contributed by atoms with van der Waals surface area (Å²) in [5.74, 6) is 0.161. The highest BCUT2D eigenvalue weighted by molar-refractivity contribution is 7.89. The predicted octanol–water partition coefficient (Wildman–Crippen LogP) is 3.11. The van der Waals surface area contributed by atoms with Gasteiger partial charge in [-0.2, -0.15) is 4.31 Å². The summed E-state index contributed by atoms with van der Waals surface area (Å²) in [6, 6.07) is 5.15. The Labute approximate surface area is 129 Å². The average Bonchev–Trinajstić information content (AvgIpc) is 2.39. The van der Waals surface area contributed by atoms with Crippen molar-refractivity contribution in [1.29, 1.82) is 0 Å². The van der Waals surface area contributed by atoms with Gasteiger partial charge >= 0.3 is 0 Å². The fourth-order valence-electron chi connectivity index (χ4n) is 2.22. The predicted molar refractivity (Wildman–Crippen MR) is 80.8 cm³/mol. The zero-order valence-electron chi connectivity index (χ0n) is 11.2. The van der Waals surface area contributed by atoms with Crippen LogP contribution in [0.3, 0.4) is 0 Å². The Hall–Kier alpha value is -0.330. The van der Waals surface area contributed by atoms with E-state index in [4.69, 9.17) is 27.9 Å². The van der Waals surface area contributed by atoms with Gasteiger partial charge in [0, 0.05) is 28.7 Å². The van der Waals surface area contributed by atoms with Crippen molar-refractivity contribution >= 4 is 33.2 Å². The van der Waals surface area contributed by atoms with E-state index in [1.165, 1.54) is 4.31 Å². The second kappa shape index (κ2) is 6.62. The van der Waals surface area contributed by atoms with Gasteiger partial charge in [0.1, 0.15) is 0 Å². The lowest BCUT2D eigenvalue weighted by Gasteiger charge is -2.32. The van der Waals surface area contributed by atoms with Crippen LogP contribution in [-0.2, 0) is 14.8 Å². The lowest BCUT2D eigenvalue weighted by molar-refractivity contribution is -0.00248. The van der Waals surface area contributed by atoms with Crippen LogP contribution < -0.4 is 0 Å². The maximum Gasteiger partial charge on any atom is 0.214 e. The first kappa shape index (κ1) is 16.0. The van der Waals surface area contributed by atoms with Crippen LogP contribution in [0.1, 0.15) is 25.0 Å². The molecule has 1 aromatic carbocycles. The summed E-state index contributed by atoms with van der Waals surface area (Å²) in [7, 11) is -3.21. The maximum absolute atomic E-state index is 12.1. The van der Waals surface area contributed by atoms with Gasteiger partial charge in [0.05, 0.1) is 18.5 Å². The summed E-state index contributed by atoms with van der Waals surface area (Å²) in [5.41, 5.74) is 0.771. The van der Waals surface area contributed by atoms with E-state index in [0.29, 0.717) is 36.2 Å². The summed E-state index contributed by atoms with van der Waals surface area (Å²) >= 11 is 12.0. The molecule has 1 aliphatic rings. The molecular formula is C13H17Cl2NO3S. The van der Waals surface area contributed by atoms with Crippen LogP contribution in [0.4, 0.5) is 0 Å². The third kappa shape index (κ3) is 3.65. The van der Waals surface area contributed by atoms with Gasteiger partial charge in [0.25, 0.3) is 0 Å². The van der Waals surface area contributed by atoms with Crippen molar-refractivity contribution in [3.8, 4) is 0 Å². The fourth-order valence-corrected chi connectivity index (χ4v) is 4.24. The molecular weight excluding hydrogens is 321 g/mol. The van der Waals surface area contributed by atoms with Crippen LogP contribution in [0.25, 0.3) is 0 Å². The van der Waals surface area contributed by atoms with Crippen molar-refractivity contribution in [2.45, 2.75) is 19.4 Å². The Morgan fingerprint density at radius 3 is 2.80 bits per heavy atom. The largest absolute Gasteiger partial charge is 0.371 e. The van der Waals surface area contributed by atoms with E-state index in [2.05, 4.69) is 0 Å². The maximum atomic E-state index is 12.1. The molecule has 1 fully saturated rings. The molecule has 7 heteroatoms. The minimum absolute atomic E-state index is 0.161. The van der Waals surface area contributed by atoms with E-state index in [-0.39, 0.29) is 11.9 Å². The molecule has 1 unspecified atom stereocenters. The summed E-state index contributed by atoms with van der Waals surface area (Å²) in [6.45, 7) is 2.91.